The molecule has 1 saturated carbocycles. The Labute approximate surface area is 136 Å². The van der Waals surface area contributed by atoms with Crippen molar-refractivity contribution in [2.24, 2.45) is 5.41 Å². The van der Waals surface area contributed by atoms with Crippen LogP contribution in [0.3, 0.4) is 0 Å². The molecular formula is C18H23NO4. The molecular weight excluding hydrogens is 294 g/mol. The van der Waals surface area contributed by atoms with Gasteiger partial charge in [0.1, 0.15) is 5.60 Å². The number of carbonyl (C=O) groups excluding carboxylic acids is 1. The van der Waals surface area contributed by atoms with Gasteiger partial charge in [-0.2, -0.15) is 0 Å². The van der Waals surface area contributed by atoms with Crippen LogP contribution in [-0.2, 0) is 9.53 Å². The van der Waals surface area contributed by atoms with Crippen molar-refractivity contribution < 1.29 is 19.4 Å². The highest BCUT2D eigenvalue weighted by Gasteiger charge is 2.57. The van der Waals surface area contributed by atoms with Crippen LogP contribution >= 0.6 is 0 Å². The number of fused-ring (bicyclic) bond motifs is 1. The van der Waals surface area contributed by atoms with Gasteiger partial charge in [-0.3, -0.25) is 9.69 Å². The fourth-order valence-corrected chi connectivity index (χ4v) is 3.49. The number of amides is 1. The second-order valence-electron chi connectivity index (χ2n) is 7.49. The van der Waals surface area contributed by atoms with Gasteiger partial charge in [0.15, 0.2) is 0 Å². The summed E-state index contributed by atoms with van der Waals surface area (Å²) >= 11 is 0. The summed E-state index contributed by atoms with van der Waals surface area (Å²) in [7, 11) is 0. The summed E-state index contributed by atoms with van der Waals surface area (Å²) in [6.07, 6.45) is 1.72. The zero-order valence-electron chi connectivity index (χ0n) is 13.8. The van der Waals surface area contributed by atoms with Crippen molar-refractivity contribution in [3.63, 3.8) is 0 Å². The Morgan fingerprint density at radius 2 is 1.91 bits per heavy atom. The Bertz CT molecular complexity index is 643. The Hall–Kier alpha value is -2.04. The van der Waals surface area contributed by atoms with Gasteiger partial charge in [-0.25, -0.2) is 4.79 Å². The number of hydrogen-bond acceptors (Lipinski definition) is 3. The lowest BCUT2D eigenvalue weighted by molar-refractivity contribution is -0.144. The molecule has 3 rings (SSSR count). The molecule has 2 aliphatic rings. The molecule has 0 aromatic heterocycles. The molecule has 0 bridgehead atoms. The third-order valence-corrected chi connectivity index (χ3v) is 4.74. The highest BCUT2D eigenvalue weighted by atomic mass is 16.6. The Morgan fingerprint density at radius 3 is 2.48 bits per heavy atom. The molecule has 1 amide bonds. The van der Waals surface area contributed by atoms with Crippen molar-refractivity contribution >= 4 is 17.7 Å². The molecule has 0 spiro atoms. The summed E-state index contributed by atoms with van der Waals surface area (Å²) in [5.74, 6) is -0.752. The molecule has 1 fully saturated rings. The van der Waals surface area contributed by atoms with Gasteiger partial charge in [0.05, 0.1) is 11.1 Å². The number of carboxylic acids is 1. The number of benzene rings is 1. The smallest absolute Gasteiger partial charge is 0.414 e. The predicted molar refractivity (Wildman–Crippen MR) is 86.7 cm³/mol. The lowest BCUT2D eigenvalue weighted by Crippen LogP contribution is -2.42. The van der Waals surface area contributed by atoms with Gasteiger partial charge in [-0.1, -0.05) is 18.2 Å². The van der Waals surface area contributed by atoms with Crippen molar-refractivity contribution in [2.45, 2.75) is 51.6 Å². The molecule has 1 aromatic rings. The summed E-state index contributed by atoms with van der Waals surface area (Å²) in [5.41, 5.74) is 0.535. The molecule has 1 aliphatic heterocycles. The molecule has 0 radical (unpaired) electrons. The molecule has 1 aliphatic carbocycles. The van der Waals surface area contributed by atoms with Crippen LogP contribution in [0.2, 0.25) is 0 Å². The van der Waals surface area contributed by atoms with E-state index in [0.717, 1.165) is 11.3 Å². The van der Waals surface area contributed by atoms with E-state index in [4.69, 9.17) is 4.74 Å². The molecule has 1 atom stereocenters. The van der Waals surface area contributed by atoms with E-state index in [-0.39, 0.29) is 12.0 Å². The standard InChI is InChI=1S/C18H23NO4/c1-17(2,3)23-16(22)19-11-8-13(18(9-10-18)15(20)21)12-6-4-5-7-14(12)19/h4-7,13H,8-11H2,1-3H3,(H,20,21). The summed E-state index contributed by atoms with van der Waals surface area (Å²) in [4.78, 5) is 25.8. The number of ether oxygens (including phenoxy) is 1. The highest BCUT2D eigenvalue weighted by molar-refractivity contribution is 5.90. The number of aliphatic carboxylic acids is 1. The maximum atomic E-state index is 12.5. The Kier molecular flexibility index (Phi) is 3.62. The summed E-state index contributed by atoms with van der Waals surface area (Å²) < 4.78 is 5.49. The molecule has 0 saturated heterocycles. The first kappa shape index (κ1) is 15.8. The molecule has 1 heterocycles. The van der Waals surface area contributed by atoms with Gasteiger partial charge < -0.3 is 9.84 Å². The number of nitrogens with zero attached hydrogens (tertiary/aromatic N) is 1. The van der Waals surface area contributed by atoms with Crippen LogP contribution in [0.5, 0.6) is 0 Å². The van der Waals surface area contributed by atoms with Crippen molar-refractivity contribution in [1.82, 2.24) is 0 Å². The van der Waals surface area contributed by atoms with Crippen molar-refractivity contribution in [2.75, 3.05) is 11.4 Å². The molecule has 124 valence electrons. The van der Waals surface area contributed by atoms with E-state index in [9.17, 15) is 14.7 Å². The SMILES string of the molecule is CC(C)(C)OC(=O)N1CCC(C2(C(=O)O)CC2)c2ccccc21. The van der Waals surface area contributed by atoms with E-state index in [1.165, 1.54) is 0 Å². The normalized spacial score (nSPS) is 22.2. The quantitative estimate of drug-likeness (QED) is 0.901. The van der Waals surface area contributed by atoms with E-state index in [0.29, 0.717) is 25.8 Å². The fourth-order valence-electron chi connectivity index (χ4n) is 3.49. The first-order chi connectivity index (χ1) is 10.7. The van der Waals surface area contributed by atoms with Crippen LogP contribution in [0.1, 0.15) is 51.5 Å². The average molecular weight is 317 g/mol. The zero-order valence-corrected chi connectivity index (χ0v) is 13.8. The molecule has 1 unspecified atom stereocenters. The van der Waals surface area contributed by atoms with E-state index < -0.39 is 17.0 Å². The van der Waals surface area contributed by atoms with Crippen LogP contribution in [0.25, 0.3) is 0 Å². The van der Waals surface area contributed by atoms with Crippen LogP contribution < -0.4 is 4.90 Å². The second kappa shape index (κ2) is 5.25. The van der Waals surface area contributed by atoms with E-state index in [2.05, 4.69) is 0 Å². The Morgan fingerprint density at radius 1 is 1.26 bits per heavy atom. The minimum Gasteiger partial charge on any atom is -0.481 e. The highest BCUT2D eigenvalue weighted by Crippen LogP contribution is 2.60. The van der Waals surface area contributed by atoms with Crippen LogP contribution in [0, 0.1) is 5.41 Å². The lowest BCUT2D eigenvalue weighted by atomic mass is 9.78. The minimum absolute atomic E-state index is 0.0325. The van der Waals surface area contributed by atoms with Crippen LogP contribution in [0.15, 0.2) is 24.3 Å². The number of carboxylic acid groups (broad SMARTS) is 1. The summed E-state index contributed by atoms with van der Waals surface area (Å²) in [5, 5.41) is 9.60. The van der Waals surface area contributed by atoms with Crippen molar-refractivity contribution in [3.05, 3.63) is 29.8 Å². The fraction of sp³-hybridized carbons (Fsp3) is 0.556. The molecule has 23 heavy (non-hydrogen) atoms. The third-order valence-electron chi connectivity index (χ3n) is 4.74. The van der Waals surface area contributed by atoms with E-state index >= 15 is 0 Å². The van der Waals surface area contributed by atoms with Gasteiger partial charge in [-0.15, -0.1) is 0 Å². The maximum Gasteiger partial charge on any atom is 0.414 e. The largest absolute Gasteiger partial charge is 0.481 e. The molecule has 1 N–H and O–H groups in total. The molecule has 5 heteroatoms. The number of para-hydroxylation sites is 1. The summed E-state index contributed by atoms with van der Waals surface area (Å²) in [6.45, 7) is 6.01. The van der Waals surface area contributed by atoms with E-state index in [1.54, 1.807) is 4.90 Å². The first-order valence-corrected chi connectivity index (χ1v) is 8.07. The number of hydrogen-bond donors (Lipinski definition) is 1. The molecule has 5 nitrogen and oxygen atoms in total. The van der Waals surface area contributed by atoms with Gasteiger partial charge in [-0.05, 0) is 51.7 Å². The lowest BCUT2D eigenvalue weighted by Gasteiger charge is -2.37. The maximum absolute atomic E-state index is 12.5. The number of anilines is 1. The van der Waals surface area contributed by atoms with Gasteiger partial charge in [0, 0.05) is 12.5 Å². The Balaban J connectivity index is 1.93. The second-order valence-corrected chi connectivity index (χ2v) is 7.49. The third kappa shape index (κ3) is 2.80. The average Bonchev–Trinajstić information content (AvgIpc) is 3.25. The number of rotatable bonds is 2. The monoisotopic (exact) mass is 317 g/mol. The van der Waals surface area contributed by atoms with Crippen LogP contribution in [-0.4, -0.2) is 29.3 Å². The zero-order chi connectivity index (χ0) is 16.8. The van der Waals surface area contributed by atoms with E-state index in [1.807, 2.05) is 45.0 Å². The minimum atomic E-state index is -0.719. The van der Waals surface area contributed by atoms with Gasteiger partial charge in [0.2, 0.25) is 0 Å². The van der Waals surface area contributed by atoms with Crippen molar-refractivity contribution in [1.29, 1.82) is 0 Å². The summed E-state index contributed by atoms with van der Waals surface area (Å²) in [6, 6.07) is 7.60. The van der Waals surface area contributed by atoms with Crippen molar-refractivity contribution in [3.8, 4) is 0 Å². The van der Waals surface area contributed by atoms with Gasteiger partial charge in [0.25, 0.3) is 0 Å². The first-order valence-electron chi connectivity index (χ1n) is 8.07. The topological polar surface area (TPSA) is 66.8 Å². The number of carbonyl (C=O) groups is 2. The predicted octanol–water partition coefficient (Wildman–Crippen LogP) is 3.78. The van der Waals surface area contributed by atoms with Crippen LogP contribution in [0.4, 0.5) is 10.5 Å². The molecule has 1 aromatic carbocycles. The van der Waals surface area contributed by atoms with Gasteiger partial charge >= 0.3 is 12.1 Å².